The Morgan fingerprint density at radius 1 is 1.22 bits per heavy atom. The molecular weight excluding hydrogens is 290 g/mol. The summed E-state index contributed by atoms with van der Waals surface area (Å²) in [5.74, 6) is 0. The van der Waals surface area contributed by atoms with Gasteiger partial charge in [-0.3, -0.25) is 5.32 Å². The van der Waals surface area contributed by atoms with Gasteiger partial charge in [0, 0.05) is 11.7 Å². The highest BCUT2D eigenvalue weighted by Crippen LogP contribution is 2.13. The molecule has 1 heterocycles. The van der Waals surface area contributed by atoms with Gasteiger partial charge in [0.2, 0.25) is 0 Å². The number of anilines is 1. The quantitative estimate of drug-likeness (QED) is 0.781. The molecule has 0 unspecified atom stereocenters. The highest BCUT2D eigenvalue weighted by Gasteiger charge is 2.16. The summed E-state index contributed by atoms with van der Waals surface area (Å²) in [6.45, 7) is 8.77. The van der Waals surface area contributed by atoms with Crippen LogP contribution in [0.15, 0.2) is 24.3 Å². The van der Waals surface area contributed by atoms with E-state index in [9.17, 15) is 4.79 Å². The molecule has 1 aliphatic heterocycles. The van der Waals surface area contributed by atoms with Crippen molar-refractivity contribution in [1.82, 2.24) is 10.6 Å². The van der Waals surface area contributed by atoms with Crippen molar-refractivity contribution in [3.05, 3.63) is 29.8 Å². The van der Waals surface area contributed by atoms with Gasteiger partial charge >= 0.3 is 6.09 Å². The summed E-state index contributed by atoms with van der Waals surface area (Å²) in [5, 5.41) is 9.74. The van der Waals surface area contributed by atoms with Crippen LogP contribution in [0.25, 0.3) is 0 Å². The van der Waals surface area contributed by atoms with Crippen LogP contribution in [-0.2, 0) is 11.2 Å². The first kappa shape index (κ1) is 17.8. The number of piperidine rings is 1. The van der Waals surface area contributed by atoms with E-state index < -0.39 is 11.7 Å². The molecule has 1 fully saturated rings. The lowest BCUT2D eigenvalue weighted by molar-refractivity contribution is 0.0636. The fraction of sp³-hybridized carbons (Fsp3) is 0.611. The van der Waals surface area contributed by atoms with Crippen LogP contribution in [-0.4, -0.2) is 37.4 Å². The molecule has 128 valence electrons. The van der Waals surface area contributed by atoms with E-state index in [2.05, 4.69) is 28.1 Å². The van der Waals surface area contributed by atoms with E-state index in [1.54, 1.807) is 0 Å². The smallest absolute Gasteiger partial charge is 0.412 e. The van der Waals surface area contributed by atoms with Gasteiger partial charge in [-0.25, -0.2) is 4.79 Å². The lowest BCUT2D eigenvalue weighted by Crippen LogP contribution is -2.40. The summed E-state index contributed by atoms with van der Waals surface area (Å²) in [5.41, 5.74) is 1.54. The Labute approximate surface area is 139 Å². The SMILES string of the molecule is CC(C)(C)OC(=O)Nc1ccc(CCNC2CCNCC2)cc1. The van der Waals surface area contributed by atoms with Crippen LogP contribution in [0.3, 0.4) is 0 Å². The second-order valence-corrected chi connectivity index (χ2v) is 7.05. The zero-order valence-corrected chi connectivity index (χ0v) is 14.4. The number of carbonyl (C=O) groups excluding carboxylic acids is 1. The monoisotopic (exact) mass is 319 g/mol. The lowest BCUT2D eigenvalue weighted by atomic mass is 10.1. The van der Waals surface area contributed by atoms with Gasteiger partial charge in [0.05, 0.1) is 0 Å². The number of hydrogen-bond donors (Lipinski definition) is 3. The number of amides is 1. The Hall–Kier alpha value is -1.59. The van der Waals surface area contributed by atoms with E-state index in [1.165, 1.54) is 18.4 Å². The number of rotatable bonds is 5. The van der Waals surface area contributed by atoms with Crippen molar-refractivity contribution >= 4 is 11.8 Å². The molecule has 1 aliphatic rings. The summed E-state index contributed by atoms with van der Waals surface area (Å²) < 4.78 is 5.24. The average molecular weight is 319 g/mol. The average Bonchev–Trinajstić information content (AvgIpc) is 2.48. The molecule has 23 heavy (non-hydrogen) atoms. The molecule has 1 amide bonds. The first-order chi connectivity index (χ1) is 10.9. The third-order valence-electron chi connectivity index (χ3n) is 3.79. The molecule has 3 N–H and O–H groups in total. The fourth-order valence-corrected chi connectivity index (χ4v) is 2.62. The third kappa shape index (κ3) is 7.01. The topological polar surface area (TPSA) is 62.4 Å². The molecule has 0 atom stereocenters. The van der Waals surface area contributed by atoms with Crippen LogP contribution >= 0.6 is 0 Å². The summed E-state index contributed by atoms with van der Waals surface area (Å²) in [6, 6.07) is 8.59. The van der Waals surface area contributed by atoms with E-state index in [4.69, 9.17) is 4.74 Å². The highest BCUT2D eigenvalue weighted by molar-refractivity contribution is 5.84. The molecule has 5 nitrogen and oxygen atoms in total. The Bertz CT molecular complexity index is 488. The largest absolute Gasteiger partial charge is 0.444 e. The van der Waals surface area contributed by atoms with E-state index >= 15 is 0 Å². The fourth-order valence-electron chi connectivity index (χ4n) is 2.62. The zero-order chi connectivity index (χ0) is 16.7. The van der Waals surface area contributed by atoms with Gasteiger partial charge < -0.3 is 15.4 Å². The molecule has 1 aromatic carbocycles. The van der Waals surface area contributed by atoms with Crippen LogP contribution < -0.4 is 16.0 Å². The summed E-state index contributed by atoms with van der Waals surface area (Å²) in [4.78, 5) is 11.7. The Kier molecular flexibility index (Phi) is 6.42. The second-order valence-electron chi connectivity index (χ2n) is 7.05. The Morgan fingerprint density at radius 2 is 1.87 bits per heavy atom. The van der Waals surface area contributed by atoms with Crippen molar-refractivity contribution < 1.29 is 9.53 Å². The van der Waals surface area contributed by atoms with Crippen LogP contribution in [0.2, 0.25) is 0 Å². The summed E-state index contributed by atoms with van der Waals surface area (Å²) >= 11 is 0. The maximum Gasteiger partial charge on any atom is 0.412 e. The number of benzene rings is 1. The Balaban J connectivity index is 1.72. The molecule has 1 aromatic rings. The van der Waals surface area contributed by atoms with Gasteiger partial charge in [0.15, 0.2) is 0 Å². The molecule has 0 saturated carbocycles. The number of carbonyl (C=O) groups is 1. The molecule has 2 rings (SSSR count). The second kappa shape index (κ2) is 8.31. The minimum Gasteiger partial charge on any atom is -0.444 e. The van der Waals surface area contributed by atoms with Gasteiger partial charge in [0.1, 0.15) is 5.60 Å². The molecular formula is C18H29N3O2. The minimum absolute atomic E-state index is 0.419. The minimum atomic E-state index is -0.482. The van der Waals surface area contributed by atoms with Crippen LogP contribution in [0, 0.1) is 0 Å². The van der Waals surface area contributed by atoms with Crippen molar-refractivity contribution in [1.29, 1.82) is 0 Å². The van der Waals surface area contributed by atoms with Crippen molar-refractivity contribution in [2.75, 3.05) is 25.0 Å². The molecule has 0 bridgehead atoms. The maximum atomic E-state index is 11.7. The van der Waals surface area contributed by atoms with Crippen molar-refractivity contribution in [2.24, 2.45) is 0 Å². The van der Waals surface area contributed by atoms with Crippen LogP contribution in [0.1, 0.15) is 39.2 Å². The van der Waals surface area contributed by atoms with Crippen molar-refractivity contribution in [3.63, 3.8) is 0 Å². The Morgan fingerprint density at radius 3 is 2.48 bits per heavy atom. The van der Waals surface area contributed by atoms with Gasteiger partial charge in [-0.2, -0.15) is 0 Å². The molecule has 0 spiro atoms. The van der Waals surface area contributed by atoms with Gasteiger partial charge in [0.25, 0.3) is 0 Å². The van der Waals surface area contributed by atoms with Gasteiger partial charge in [-0.05, 0) is 77.4 Å². The van der Waals surface area contributed by atoms with Gasteiger partial charge in [-0.15, -0.1) is 0 Å². The molecule has 0 radical (unpaired) electrons. The van der Waals surface area contributed by atoms with E-state index in [-0.39, 0.29) is 0 Å². The van der Waals surface area contributed by atoms with Crippen LogP contribution in [0.4, 0.5) is 10.5 Å². The van der Waals surface area contributed by atoms with Crippen LogP contribution in [0.5, 0.6) is 0 Å². The number of hydrogen-bond acceptors (Lipinski definition) is 4. The third-order valence-corrected chi connectivity index (χ3v) is 3.79. The molecule has 1 saturated heterocycles. The predicted molar refractivity (Wildman–Crippen MR) is 93.9 cm³/mol. The lowest BCUT2D eigenvalue weighted by Gasteiger charge is -2.23. The first-order valence-corrected chi connectivity index (χ1v) is 8.45. The highest BCUT2D eigenvalue weighted by atomic mass is 16.6. The number of nitrogens with one attached hydrogen (secondary N) is 3. The van der Waals surface area contributed by atoms with Crippen molar-refractivity contribution in [2.45, 2.75) is 51.7 Å². The maximum absolute atomic E-state index is 11.7. The van der Waals surface area contributed by atoms with Crippen molar-refractivity contribution in [3.8, 4) is 0 Å². The molecule has 0 aliphatic carbocycles. The van der Waals surface area contributed by atoms with E-state index in [1.807, 2.05) is 32.9 Å². The molecule has 0 aromatic heterocycles. The summed E-state index contributed by atoms with van der Waals surface area (Å²) in [7, 11) is 0. The van der Waals surface area contributed by atoms with E-state index in [0.717, 1.165) is 31.7 Å². The first-order valence-electron chi connectivity index (χ1n) is 8.45. The van der Waals surface area contributed by atoms with Gasteiger partial charge in [-0.1, -0.05) is 12.1 Å². The zero-order valence-electron chi connectivity index (χ0n) is 14.4. The normalized spacial score (nSPS) is 16.1. The standard InChI is InChI=1S/C18H29N3O2/c1-18(2,3)23-17(22)21-16-6-4-14(5-7-16)8-13-20-15-9-11-19-12-10-15/h4-7,15,19-20H,8-13H2,1-3H3,(H,21,22). The predicted octanol–water partition coefficient (Wildman–Crippen LogP) is 2.92. The summed E-state index contributed by atoms with van der Waals surface area (Å²) in [6.07, 6.45) is 2.99. The number of ether oxygens (including phenoxy) is 1. The molecule has 5 heteroatoms. The van der Waals surface area contributed by atoms with E-state index in [0.29, 0.717) is 6.04 Å².